The molecule has 7 heteroatoms. The highest BCUT2D eigenvalue weighted by Crippen LogP contribution is 2.20. The number of carbonyl (C=O) groups is 2. The van der Waals surface area contributed by atoms with Crippen LogP contribution in [0.3, 0.4) is 0 Å². The molecule has 2 heterocycles. The SMILES string of the molecule is O=C(O)[C@H]1CCCCN1C(=O)c1cc(O)[nH]c(=O)c1. The van der Waals surface area contributed by atoms with Gasteiger partial charge in [0, 0.05) is 18.7 Å². The average molecular weight is 266 g/mol. The second-order valence-corrected chi connectivity index (χ2v) is 4.47. The first kappa shape index (κ1) is 13.1. The van der Waals surface area contributed by atoms with Gasteiger partial charge in [0.2, 0.25) is 0 Å². The van der Waals surface area contributed by atoms with Crippen molar-refractivity contribution in [2.75, 3.05) is 6.54 Å². The second kappa shape index (κ2) is 5.13. The maximum absolute atomic E-state index is 12.2. The largest absolute Gasteiger partial charge is 0.494 e. The molecule has 3 N–H and O–H groups in total. The Morgan fingerprint density at radius 2 is 2.05 bits per heavy atom. The third kappa shape index (κ3) is 2.75. The second-order valence-electron chi connectivity index (χ2n) is 4.47. The molecule has 1 atom stereocenters. The summed E-state index contributed by atoms with van der Waals surface area (Å²) in [6, 6.07) is 1.30. The van der Waals surface area contributed by atoms with Crippen LogP contribution in [0.25, 0.3) is 0 Å². The monoisotopic (exact) mass is 266 g/mol. The molecule has 1 aliphatic heterocycles. The third-order valence-electron chi connectivity index (χ3n) is 3.13. The zero-order valence-electron chi connectivity index (χ0n) is 10.1. The van der Waals surface area contributed by atoms with Gasteiger partial charge in [-0.25, -0.2) is 4.79 Å². The number of hydrogen-bond acceptors (Lipinski definition) is 4. The normalized spacial score (nSPS) is 19.2. The highest BCUT2D eigenvalue weighted by molar-refractivity contribution is 5.96. The number of likely N-dealkylation sites (tertiary alicyclic amines) is 1. The van der Waals surface area contributed by atoms with Crippen molar-refractivity contribution in [2.24, 2.45) is 0 Å². The Labute approximate surface area is 108 Å². The number of aliphatic carboxylic acids is 1. The van der Waals surface area contributed by atoms with E-state index < -0.39 is 29.4 Å². The van der Waals surface area contributed by atoms with Crippen LogP contribution < -0.4 is 5.56 Å². The van der Waals surface area contributed by atoms with Crippen LogP contribution >= 0.6 is 0 Å². The Balaban J connectivity index is 2.31. The average Bonchev–Trinajstić information content (AvgIpc) is 2.36. The molecule has 0 aliphatic carbocycles. The van der Waals surface area contributed by atoms with E-state index in [1.54, 1.807) is 0 Å². The van der Waals surface area contributed by atoms with Crippen molar-refractivity contribution in [2.45, 2.75) is 25.3 Å². The molecule has 1 saturated heterocycles. The Morgan fingerprint density at radius 1 is 1.32 bits per heavy atom. The lowest BCUT2D eigenvalue weighted by atomic mass is 10.0. The molecule has 1 aliphatic rings. The highest BCUT2D eigenvalue weighted by Gasteiger charge is 2.32. The number of amides is 1. The van der Waals surface area contributed by atoms with Crippen LogP contribution in [-0.2, 0) is 4.79 Å². The van der Waals surface area contributed by atoms with E-state index >= 15 is 0 Å². The Hall–Kier alpha value is -2.31. The van der Waals surface area contributed by atoms with Crippen molar-refractivity contribution in [3.63, 3.8) is 0 Å². The summed E-state index contributed by atoms with van der Waals surface area (Å²) in [4.78, 5) is 37.9. The Morgan fingerprint density at radius 3 is 2.68 bits per heavy atom. The standard InChI is InChI=1S/C12H14N2O5/c15-9-5-7(6-10(16)13-9)11(17)14-4-2-1-3-8(14)12(18)19/h5-6,8H,1-4H2,(H,18,19)(H2,13,15,16)/t8-/m1/s1. The smallest absolute Gasteiger partial charge is 0.326 e. The van der Waals surface area contributed by atoms with Gasteiger partial charge in [-0.2, -0.15) is 0 Å². The lowest BCUT2D eigenvalue weighted by Crippen LogP contribution is -2.48. The Bertz CT molecular complexity index is 565. The van der Waals surface area contributed by atoms with Crippen LogP contribution in [0.15, 0.2) is 16.9 Å². The van der Waals surface area contributed by atoms with Gasteiger partial charge in [0.15, 0.2) is 5.88 Å². The van der Waals surface area contributed by atoms with Crippen LogP contribution in [0.2, 0.25) is 0 Å². The highest BCUT2D eigenvalue weighted by atomic mass is 16.4. The first-order chi connectivity index (χ1) is 8.99. The number of aromatic nitrogens is 1. The molecule has 19 heavy (non-hydrogen) atoms. The number of carboxylic acid groups (broad SMARTS) is 1. The number of nitrogens with zero attached hydrogens (tertiary/aromatic N) is 1. The van der Waals surface area contributed by atoms with Crippen LogP contribution in [0.4, 0.5) is 0 Å². The fourth-order valence-electron chi connectivity index (χ4n) is 2.25. The first-order valence-electron chi connectivity index (χ1n) is 5.96. The molecule has 0 aromatic carbocycles. The molecule has 0 unspecified atom stereocenters. The maximum Gasteiger partial charge on any atom is 0.326 e. The molecular formula is C12H14N2O5. The van der Waals surface area contributed by atoms with E-state index in [0.717, 1.165) is 25.0 Å². The van der Waals surface area contributed by atoms with Crippen molar-refractivity contribution < 1.29 is 19.8 Å². The summed E-state index contributed by atoms with van der Waals surface area (Å²) in [6.07, 6.45) is 1.88. The van der Waals surface area contributed by atoms with Crippen molar-refractivity contribution in [3.05, 3.63) is 28.0 Å². The van der Waals surface area contributed by atoms with Gasteiger partial charge in [-0.1, -0.05) is 0 Å². The molecule has 7 nitrogen and oxygen atoms in total. The van der Waals surface area contributed by atoms with Crippen molar-refractivity contribution in [1.82, 2.24) is 9.88 Å². The van der Waals surface area contributed by atoms with Crippen molar-refractivity contribution >= 4 is 11.9 Å². The summed E-state index contributed by atoms with van der Waals surface area (Å²) in [5, 5.41) is 18.4. The molecule has 2 rings (SSSR count). The predicted octanol–water partition coefficient (Wildman–Crippen LogP) is 0.160. The van der Waals surface area contributed by atoms with E-state index in [1.165, 1.54) is 4.90 Å². The molecule has 102 valence electrons. The van der Waals surface area contributed by atoms with Crippen LogP contribution in [0.1, 0.15) is 29.6 Å². The molecule has 0 saturated carbocycles. The number of pyridine rings is 1. The number of aromatic amines is 1. The zero-order chi connectivity index (χ0) is 14.0. The van der Waals surface area contributed by atoms with Crippen molar-refractivity contribution in [3.8, 4) is 5.88 Å². The number of nitrogens with one attached hydrogen (secondary N) is 1. The molecule has 1 fully saturated rings. The third-order valence-corrected chi connectivity index (χ3v) is 3.13. The zero-order valence-corrected chi connectivity index (χ0v) is 10.1. The van der Waals surface area contributed by atoms with E-state index in [-0.39, 0.29) is 5.56 Å². The molecule has 1 amide bonds. The molecule has 0 spiro atoms. The van der Waals surface area contributed by atoms with Crippen LogP contribution in [0.5, 0.6) is 5.88 Å². The van der Waals surface area contributed by atoms with E-state index in [4.69, 9.17) is 5.11 Å². The summed E-state index contributed by atoms with van der Waals surface area (Å²) >= 11 is 0. The minimum atomic E-state index is -1.05. The number of carboxylic acids is 1. The molecule has 0 radical (unpaired) electrons. The number of piperidine rings is 1. The van der Waals surface area contributed by atoms with Crippen molar-refractivity contribution in [1.29, 1.82) is 0 Å². The quantitative estimate of drug-likeness (QED) is 0.706. The number of hydrogen-bond donors (Lipinski definition) is 3. The molecule has 0 bridgehead atoms. The number of aromatic hydroxyl groups is 1. The summed E-state index contributed by atoms with van der Waals surface area (Å²) < 4.78 is 0. The van der Waals surface area contributed by atoms with Gasteiger partial charge in [0.25, 0.3) is 11.5 Å². The van der Waals surface area contributed by atoms with E-state index in [1.807, 2.05) is 0 Å². The minimum absolute atomic E-state index is 0.00519. The van der Waals surface area contributed by atoms with E-state index in [2.05, 4.69) is 4.98 Å². The minimum Gasteiger partial charge on any atom is -0.494 e. The fourth-order valence-corrected chi connectivity index (χ4v) is 2.25. The van der Waals surface area contributed by atoms with Gasteiger partial charge in [0.1, 0.15) is 6.04 Å². The molecule has 1 aromatic rings. The van der Waals surface area contributed by atoms with Gasteiger partial charge in [-0.3, -0.25) is 14.6 Å². The van der Waals surface area contributed by atoms with Gasteiger partial charge in [-0.15, -0.1) is 0 Å². The van der Waals surface area contributed by atoms with E-state index in [9.17, 15) is 19.5 Å². The van der Waals surface area contributed by atoms with Gasteiger partial charge in [0.05, 0.1) is 5.56 Å². The van der Waals surface area contributed by atoms with Gasteiger partial charge < -0.3 is 15.1 Å². The first-order valence-corrected chi connectivity index (χ1v) is 5.96. The summed E-state index contributed by atoms with van der Waals surface area (Å²) in [6.45, 7) is 0.337. The lowest BCUT2D eigenvalue weighted by molar-refractivity contribution is -0.143. The number of rotatable bonds is 2. The topological polar surface area (TPSA) is 111 Å². The van der Waals surface area contributed by atoms with Gasteiger partial charge in [-0.05, 0) is 19.3 Å². The Kier molecular flexibility index (Phi) is 3.55. The lowest BCUT2D eigenvalue weighted by Gasteiger charge is -2.32. The van der Waals surface area contributed by atoms with Crippen LogP contribution in [-0.4, -0.2) is 44.6 Å². The van der Waals surface area contributed by atoms with E-state index in [0.29, 0.717) is 13.0 Å². The molecule has 1 aromatic heterocycles. The maximum atomic E-state index is 12.2. The number of H-pyrrole nitrogens is 1. The molecular weight excluding hydrogens is 252 g/mol. The summed E-state index contributed by atoms with van der Waals surface area (Å²) in [5.74, 6) is -2.02. The van der Waals surface area contributed by atoms with Gasteiger partial charge >= 0.3 is 5.97 Å². The summed E-state index contributed by atoms with van der Waals surface area (Å²) in [7, 11) is 0. The van der Waals surface area contributed by atoms with Crippen LogP contribution in [0, 0.1) is 0 Å². The summed E-state index contributed by atoms with van der Waals surface area (Å²) in [5.41, 5.74) is -0.610. The fraction of sp³-hybridized carbons (Fsp3) is 0.417. The number of carbonyl (C=O) groups excluding carboxylic acids is 1. The predicted molar refractivity (Wildman–Crippen MR) is 65.0 cm³/mol.